The van der Waals surface area contributed by atoms with Crippen LogP contribution in [0.3, 0.4) is 0 Å². The molecular weight excluding hydrogens is 376 g/mol. The number of fused-ring (bicyclic) bond motifs is 4. The second kappa shape index (κ2) is 8.18. The molecule has 4 rings (SSSR count). The van der Waals surface area contributed by atoms with Gasteiger partial charge >= 0.3 is 0 Å². The van der Waals surface area contributed by atoms with Crippen LogP contribution in [0.2, 0.25) is 0 Å². The fraction of sp³-hybridized carbons (Fsp3) is 0.933. The highest BCUT2D eigenvalue weighted by Gasteiger charge is 2.61. The summed E-state index contributed by atoms with van der Waals surface area (Å²) >= 11 is 0. The molecule has 0 amide bonds. The molecule has 1 N–H and O–H groups in total. The van der Waals surface area contributed by atoms with E-state index in [0.29, 0.717) is 17.3 Å². The monoisotopic (exact) mass is 428 g/mol. The van der Waals surface area contributed by atoms with Crippen molar-refractivity contribution in [2.75, 3.05) is 0 Å². The van der Waals surface area contributed by atoms with Gasteiger partial charge in [-0.15, -0.1) is 0 Å². The number of hydrogen-bond acceptors (Lipinski definition) is 1. The molecule has 2 saturated carbocycles. The summed E-state index contributed by atoms with van der Waals surface area (Å²) in [6.45, 7) is 19.9. The molecule has 0 spiro atoms. The van der Waals surface area contributed by atoms with E-state index >= 15 is 0 Å². The molecule has 0 aromatic heterocycles. The molecule has 31 heavy (non-hydrogen) atoms. The Kier molecular flexibility index (Phi) is 6.29. The van der Waals surface area contributed by atoms with E-state index < -0.39 is 0 Å². The third kappa shape index (κ3) is 3.50. The van der Waals surface area contributed by atoms with E-state index in [2.05, 4.69) is 55.4 Å². The maximum Gasteiger partial charge on any atom is 0.0574 e. The van der Waals surface area contributed by atoms with Crippen LogP contribution in [0.1, 0.15) is 120 Å². The zero-order valence-electron chi connectivity index (χ0n) is 22.1. The van der Waals surface area contributed by atoms with Crippen LogP contribution in [0.4, 0.5) is 0 Å². The molecule has 3 unspecified atom stereocenters. The average Bonchev–Trinajstić information content (AvgIpc) is 3.05. The summed E-state index contributed by atoms with van der Waals surface area (Å²) in [4.78, 5) is 0. The summed E-state index contributed by atoms with van der Waals surface area (Å²) in [6, 6.07) is 0. The molecule has 0 aliphatic heterocycles. The first-order valence-electron chi connectivity index (χ1n) is 13.8. The van der Waals surface area contributed by atoms with E-state index in [9.17, 15) is 5.11 Å². The minimum absolute atomic E-state index is 0.119. The van der Waals surface area contributed by atoms with E-state index in [1.165, 1.54) is 57.8 Å². The topological polar surface area (TPSA) is 20.2 Å². The smallest absolute Gasteiger partial charge is 0.0574 e. The Morgan fingerprint density at radius 2 is 1.68 bits per heavy atom. The van der Waals surface area contributed by atoms with Crippen molar-refractivity contribution in [2.45, 2.75) is 126 Å². The molecule has 0 radical (unpaired) electrons. The van der Waals surface area contributed by atoms with Gasteiger partial charge in [0.15, 0.2) is 0 Å². The lowest BCUT2D eigenvalue weighted by Crippen LogP contribution is -2.57. The predicted molar refractivity (Wildman–Crippen MR) is 133 cm³/mol. The SMILES string of the molecule is CC(C)CCC[C@@H](C)[C@H]1CC[C@H]2C3=C(CC[C@]12C)[C@]1(C)C(CC3)CC(O)C(C)C1(C)C. The second-order valence-electron chi connectivity index (χ2n) is 13.8. The molecule has 1 nitrogen and oxygen atoms in total. The highest BCUT2D eigenvalue weighted by atomic mass is 16.3. The second-order valence-corrected chi connectivity index (χ2v) is 13.8. The van der Waals surface area contributed by atoms with Gasteiger partial charge in [-0.3, -0.25) is 0 Å². The van der Waals surface area contributed by atoms with E-state index in [-0.39, 0.29) is 16.9 Å². The van der Waals surface area contributed by atoms with Crippen LogP contribution in [0.5, 0.6) is 0 Å². The number of aliphatic hydroxyl groups excluding tert-OH is 1. The Morgan fingerprint density at radius 1 is 0.968 bits per heavy atom. The van der Waals surface area contributed by atoms with Crippen molar-refractivity contribution < 1.29 is 5.11 Å². The average molecular weight is 429 g/mol. The van der Waals surface area contributed by atoms with Gasteiger partial charge in [0.05, 0.1) is 6.10 Å². The fourth-order valence-electron chi connectivity index (χ4n) is 9.45. The maximum atomic E-state index is 10.8. The Labute approximate surface area is 193 Å². The molecule has 0 saturated heterocycles. The van der Waals surface area contributed by atoms with Crippen LogP contribution >= 0.6 is 0 Å². The van der Waals surface area contributed by atoms with Crippen molar-refractivity contribution in [3.05, 3.63) is 11.1 Å². The largest absolute Gasteiger partial charge is 0.393 e. The first kappa shape index (κ1) is 23.8. The summed E-state index contributed by atoms with van der Waals surface area (Å²) in [5, 5.41) is 10.8. The molecule has 4 aliphatic carbocycles. The van der Waals surface area contributed by atoms with Crippen LogP contribution in [0.15, 0.2) is 11.1 Å². The molecule has 2 fully saturated rings. The van der Waals surface area contributed by atoms with Gasteiger partial charge in [-0.05, 0) is 96.7 Å². The Balaban J connectivity index is 1.61. The molecule has 8 atom stereocenters. The lowest BCUT2D eigenvalue weighted by Gasteiger charge is -2.63. The Hall–Kier alpha value is -0.300. The van der Waals surface area contributed by atoms with Crippen LogP contribution < -0.4 is 0 Å². The van der Waals surface area contributed by atoms with Crippen molar-refractivity contribution in [1.29, 1.82) is 0 Å². The quantitative estimate of drug-likeness (QED) is 0.436. The van der Waals surface area contributed by atoms with Crippen molar-refractivity contribution in [3.63, 3.8) is 0 Å². The lowest BCUT2D eigenvalue weighted by atomic mass is 9.42. The van der Waals surface area contributed by atoms with Gasteiger partial charge in [-0.1, -0.05) is 85.8 Å². The van der Waals surface area contributed by atoms with Gasteiger partial charge < -0.3 is 5.11 Å². The first-order valence-corrected chi connectivity index (χ1v) is 13.8. The number of aliphatic hydroxyl groups is 1. The summed E-state index contributed by atoms with van der Waals surface area (Å²) in [5.74, 6) is 4.53. The Bertz CT molecular complexity index is 701. The predicted octanol–water partition coefficient (Wildman–Crippen LogP) is 8.41. The maximum absolute atomic E-state index is 10.8. The molecule has 0 aromatic carbocycles. The summed E-state index contributed by atoms with van der Waals surface area (Å²) in [5.41, 5.74) is 4.75. The first-order chi connectivity index (χ1) is 14.4. The van der Waals surface area contributed by atoms with Gasteiger partial charge in [0.2, 0.25) is 0 Å². The van der Waals surface area contributed by atoms with Crippen molar-refractivity contribution in [3.8, 4) is 0 Å². The minimum Gasteiger partial charge on any atom is -0.393 e. The summed E-state index contributed by atoms with van der Waals surface area (Å²) in [7, 11) is 0. The highest BCUT2D eigenvalue weighted by Crippen LogP contribution is 2.70. The van der Waals surface area contributed by atoms with E-state index in [1.54, 1.807) is 0 Å². The van der Waals surface area contributed by atoms with Gasteiger partial charge in [0, 0.05) is 0 Å². The molecule has 0 aromatic rings. The molecule has 4 aliphatic rings. The third-order valence-corrected chi connectivity index (χ3v) is 12.0. The van der Waals surface area contributed by atoms with Gasteiger partial charge in [-0.2, -0.15) is 0 Å². The summed E-state index contributed by atoms with van der Waals surface area (Å²) < 4.78 is 0. The fourth-order valence-corrected chi connectivity index (χ4v) is 9.45. The third-order valence-electron chi connectivity index (χ3n) is 12.0. The van der Waals surface area contributed by atoms with Crippen LogP contribution in [-0.2, 0) is 0 Å². The lowest BCUT2D eigenvalue weighted by molar-refractivity contribution is -0.119. The highest BCUT2D eigenvalue weighted by molar-refractivity contribution is 5.36. The standard InChI is InChI=1S/C30H52O/c1-19(2)10-9-11-20(3)24-14-15-25-23-13-12-22-18-27(31)21(4)28(5,6)30(22,8)26(23)16-17-29(24,25)7/h19-22,24-25,27,31H,9-18H2,1-8H3/t20-,21?,22?,24-,25+,27?,29-,30+/m1/s1. The number of allylic oxidation sites excluding steroid dienone is 2. The molecular formula is C30H52O. The van der Waals surface area contributed by atoms with Crippen molar-refractivity contribution >= 4 is 0 Å². The van der Waals surface area contributed by atoms with Crippen molar-refractivity contribution in [1.82, 2.24) is 0 Å². The summed E-state index contributed by atoms with van der Waals surface area (Å²) in [6.07, 6.45) is 13.4. The van der Waals surface area contributed by atoms with Gasteiger partial charge in [0.1, 0.15) is 0 Å². The van der Waals surface area contributed by atoms with Crippen LogP contribution in [0.25, 0.3) is 0 Å². The van der Waals surface area contributed by atoms with E-state index in [0.717, 1.165) is 30.1 Å². The molecule has 0 bridgehead atoms. The molecule has 0 heterocycles. The van der Waals surface area contributed by atoms with Gasteiger partial charge in [-0.25, -0.2) is 0 Å². The van der Waals surface area contributed by atoms with E-state index in [1.807, 2.05) is 11.1 Å². The van der Waals surface area contributed by atoms with Crippen LogP contribution in [0, 0.1) is 51.8 Å². The minimum atomic E-state index is -0.119. The number of rotatable bonds is 5. The van der Waals surface area contributed by atoms with E-state index in [4.69, 9.17) is 0 Å². The molecule has 178 valence electrons. The van der Waals surface area contributed by atoms with Crippen LogP contribution in [-0.4, -0.2) is 11.2 Å². The Morgan fingerprint density at radius 3 is 2.35 bits per heavy atom. The zero-order chi connectivity index (χ0) is 22.8. The zero-order valence-corrected chi connectivity index (χ0v) is 22.1. The van der Waals surface area contributed by atoms with Gasteiger partial charge in [0.25, 0.3) is 0 Å². The van der Waals surface area contributed by atoms with Crippen molar-refractivity contribution in [2.24, 2.45) is 51.8 Å². The number of hydrogen-bond donors (Lipinski definition) is 1. The normalized spacial score (nSPS) is 45.3. The molecule has 1 heteroatoms.